The van der Waals surface area contributed by atoms with Crippen LogP contribution >= 0.6 is 23.1 Å². The molecule has 4 rings (SSSR count). The number of benzene rings is 2. The van der Waals surface area contributed by atoms with Crippen molar-refractivity contribution >= 4 is 50.8 Å². The van der Waals surface area contributed by atoms with E-state index in [0.717, 1.165) is 51.8 Å². The molecule has 1 amide bonds. The fraction of sp³-hybridized carbons (Fsp3) is 0.471. The molecule has 42 heavy (non-hydrogen) atoms. The Bertz CT molecular complexity index is 1360. The number of thiazole rings is 1. The molecule has 0 radical (unpaired) electrons. The van der Waals surface area contributed by atoms with E-state index in [0.29, 0.717) is 44.2 Å². The number of nitrogens with zero attached hydrogens (tertiary/aromatic N) is 2. The SMILES string of the molecule is C=C(CN1CCSCC1)C(=O)CC[C@H](Cc1ccccc1)NC(=O)[C@@H](CC(=O)CC)Cc1nc2ccc(CC)cc2s1. The number of fused-ring (bicyclic) bond motifs is 1. The van der Waals surface area contributed by atoms with Crippen molar-refractivity contribution in [2.45, 2.75) is 64.8 Å². The third-order valence-corrected chi connectivity index (χ3v) is 9.85. The number of hydrogen-bond acceptors (Lipinski definition) is 7. The number of aromatic nitrogens is 1. The third-order valence-electron chi connectivity index (χ3n) is 7.87. The lowest BCUT2D eigenvalue weighted by atomic mass is 9.94. The molecule has 2 aromatic carbocycles. The second kappa shape index (κ2) is 16.1. The Kier molecular flexibility index (Phi) is 12.3. The van der Waals surface area contributed by atoms with Gasteiger partial charge in [0.15, 0.2) is 5.78 Å². The van der Waals surface area contributed by atoms with Gasteiger partial charge >= 0.3 is 0 Å². The van der Waals surface area contributed by atoms with Gasteiger partial charge in [0.2, 0.25) is 5.91 Å². The summed E-state index contributed by atoms with van der Waals surface area (Å²) in [4.78, 5) is 46.4. The zero-order chi connectivity index (χ0) is 29.9. The molecule has 0 unspecified atom stereocenters. The summed E-state index contributed by atoms with van der Waals surface area (Å²) >= 11 is 3.54. The minimum atomic E-state index is -0.510. The number of carbonyl (C=O) groups excluding carboxylic acids is 3. The molecule has 8 heteroatoms. The maximum atomic E-state index is 13.8. The van der Waals surface area contributed by atoms with Crippen LogP contribution in [0.15, 0.2) is 60.7 Å². The normalized spacial score (nSPS) is 15.3. The van der Waals surface area contributed by atoms with Crippen molar-refractivity contribution in [2.75, 3.05) is 31.1 Å². The van der Waals surface area contributed by atoms with Crippen LogP contribution in [-0.4, -0.2) is 64.5 Å². The van der Waals surface area contributed by atoms with Gasteiger partial charge in [-0.05, 0) is 42.5 Å². The maximum absolute atomic E-state index is 13.8. The van der Waals surface area contributed by atoms with Crippen LogP contribution in [0.1, 0.15) is 55.7 Å². The smallest absolute Gasteiger partial charge is 0.224 e. The van der Waals surface area contributed by atoms with Crippen molar-refractivity contribution in [3.63, 3.8) is 0 Å². The number of ketones is 2. The lowest BCUT2D eigenvalue weighted by molar-refractivity contribution is -0.130. The van der Waals surface area contributed by atoms with Gasteiger partial charge in [0.1, 0.15) is 5.78 Å². The largest absolute Gasteiger partial charge is 0.353 e. The van der Waals surface area contributed by atoms with Crippen LogP contribution in [0.3, 0.4) is 0 Å². The van der Waals surface area contributed by atoms with E-state index in [1.54, 1.807) is 11.3 Å². The molecular weight excluding hydrogens is 563 g/mol. The summed E-state index contributed by atoms with van der Waals surface area (Å²) in [5.74, 6) is 1.63. The number of Topliss-reactive ketones (excluding diaryl/α,β-unsaturated/α-hetero) is 2. The number of nitrogens with one attached hydrogen (secondary N) is 1. The molecule has 2 heterocycles. The van der Waals surface area contributed by atoms with Crippen LogP contribution in [-0.2, 0) is 33.6 Å². The van der Waals surface area contributed by atoms with Gasteiger partial charge in [-0.3, -0.25) is 19.3 Å². The Balaban J connectivity index is 1.45. The topological polar surface area (TPSA) is 79.4 Å². The van der Waals surface area contributed by atoms with Crippen LogP contribution in [0, 0.1) is 5.92 Å². The van der Waals surface area contributed by atoms with E-state index in [2.05, 4.69) is 35.9 Å². The molecule has 1 aliphatic rings. The molecule has 2 atom stereocenters. The van der Waals surface area contributed by atoms with Gasteiger partial charge in [0.25, 0.3) is 0 Å². The molecule has 0 bridgehead atoms. The van der Waals surface area contributed by atoms with Gasteiger partial charge in [-0.2, -0.15) is 11.8 Å². The first kappa shape index (κ1) is 32.1. The van der Waals surface area contributed by atoms with Gasteiger partial charge in [-0.1, -0.05) is 56.8 Å². The van der Waals surface area contributed by atoms with E-state index in [9.17, 15) is 14.4 Å². The monoisotopic (exact) mass is 605 g/mol. The predicted molar refractivity (Wildman–Crippen MR) is 175 cm³/mol. The first-order valence-corrected chi connectivity index (χ1v) is 17.1. The zero-order valence-electron chi connectivity index (χ0n) is 24.9. The van der Waals surface area contributed by atoms with E-state index >= 15 is 0 Å². The Labute approximate surface area is 258 Å². The highest BCUT2D eigenvalue weighted by Crippen LogP contribution is 2.27. The molecule has 3 aromatic rings. The number of hydrogen-bond donors (Lipinski definition) is 1. The summed E-state index contributed by atoms with van der Waals surface area (Å²) in [6.45, 7) is 10.6. The Morgan fingerprint density at radius 3 is 2.50 bits per heavy atom. The quantitative estimate of drug-likeness (QED) is 0.200. The summed E-state index contributed by atoms with van der Waals surface area (Å²) in [7, 11) is 0. The summed E-state index contributed by atoms with van der Waals surface area (Å²) in [6, 6.07) is 16.1. The highest BCUT2D eigenvalue weighted by Gasteiger charge is 2.26. The fourth-order valence-corrected chi connectivity index (χ4v) is 7.34. The highest BCUT2D eigenvalue weighted by atomic mass is 32.2. The number of thioether (sulfide) groups is 1. The number of rotatable bonds is 16. The molecular formula is C34H43N3O3S2. The Morgan fingerprint density at radius 2 is 1.79 bits per heavy atom. The minimum absolute atomic E-state index is 0.0548. The van der Waals surface area contributed by atoms with Crippen LogP contribution in [0.4, 0.5) is 0 Å². The molecule has 1 N–H and O–H groups in total. The Morgan fingerprint density at radius 1 is 1.02 bits per heavy atom. The summed E-state index contributed by atoms with van der Waals surface area (Å²) in [5.41, 5.74) is 3.92. The second-order valence-electron chi connectivity index (χ2n) is 11.1. The molecule has 0 saturated carbocycles. The molecule has 0 aliphatic carbocycles. The van der Waals surface area contributed by atoms with Crippen LogP contribution in [0.2, 0.25) is 0 Å². The lowest BCUT2D eigenvalue weighted by Gasteiger charge is -2.26. The number of aryl methyl sites for hydroxylation is 1. The maximum Gasteiger partial charge on any atom is 0.224 e. The molecule has 1 saturated heterocycles. The predicted octanol–water partition coefficient (Wildman–Crippen LogP) is 6.07. The van der Waals surface area contributed by atoms with E-state index in [-0.39, 0.29) is 29.9 Å². The Hall–Kier alpha value is -2.81. The summed E-state index contributed by atoms with van der Waals surface area (Å²) in [5, 5.41) is 4.10. The van der Waals surface area contributed by atoms with Gasteiger partial charge < -0.3 is 5.32 Å². The van der Waals surface area contributed by atoms with Crippen molar-refractivity contribution < 1.29 is 14.4 Å². The minimum Gasteiger partial charge on any atom is -0.353 e. The average molecular weight is 606 g/mol. The van der Waals surface area contributed by atoms with E-state index < -0.39 is 5.92 Å². The molecule has 1 aliphatic heterocycles. The molecule has 1 aromatic heterocycles. The number of carbonyl (C=O) groups is 3. The van der Waals surface area contributed by atoms with E-state index in [1.165, 1.54) is 5.56 Å². The van der Waals surface area contributed by atoms with Gasteiger partial charge in [0.05, 0.1) is 21.1 Å². The van der Waals surface area contributed by atoms with E-state index in [4.69, 9.17) is 4.98 Å². The first-order valence-electron chi connectivity index (χ1n) is 15.1. The summed E-state index contributed by atoms with van der Waals surface area (Å²) in [6.07, 6.45) is 3.41. The van der Waals surface area contributed by atoms with E-state index in [1.807, 2.05) is 55.1 Å². The van der Waals surface area contributed by atoms with Crippen molar-refractivity contribution in [2.24, 2.45) is 5.92 Å². The van der Waals surface area contributed by atoms with Gasteiger partial charge in [-0.25, -0.2) is 4.98 Å². The highest BCUT2D eigenvalue weighted by molar-refractivity contribution is 7.99. The van der Waals surface area contributed by atoms with Gasteiger partial charge in [0, 0.05) is 68.4 Å². The average Bonchev–Trinajstić information content (AvgIpc) is 3.41. The fourth-order valence-electron chi connectivity index (χ4n) is 5.25. The molecule has 1 fully saturated rings. The second-order valence-corrected chi connectivity index (χ2v) is 13.4. The van der Waals surface area contributed by atoms with Crippen molar-refractivity contribution in [1.29, 1.82) is 0 Å². The molecule has 6 nitrogen and oxygen atoms in total. The zero-order valence-corrected chi connectivity index (χ0v) is 26.5. The van der Waals surface area contributed by atoms with Crippen molar-refractivity contribution in [3.8, 4) is 0 Å². The third kappa shape index (κ3) is 9.61. The lowest BCUT2D eigenvalue weighted by Crippen LogP contribution is -2.42. The van der Waals surface area contributed by atoms with Crippen molar-refractivity contribution in [1.82, 2.24) is 15.2 Å². The number of amides is 1. The summed E-state index contributed by atoms with van der Waals surface area (Å²) < 4.78 is 1.11. The molecule has 0 spiro atoms. The first-order chi connectivity index (χ1) is 20.3. The van der Waals surface area contributed by atoms with Crippen LogP contribution in [0.5, 0.6) is 0 Å². The molecule has 224 valence electrons. The van der Waals surface area contributed by atoms with Crippen molar-refractivity contribution in [3.05, 3.63) is 76.8 Å². The van der Waals surface area contributed by atoms with Gasteiger partial charge in [-0.15, -0.1) is 11.3 Å². The van der Waals surface area contributed by atoms with Crippen LogP contribution in [0.25, 0.3) is 10.2 Å². The van der Waals surface area contributed by atoms with Crippen LogP contribution < -0.4 is 5.32 Å². The standard InChI is InChI=1S/C34H43N3O3S2/c1-4-25-11-13-30-32(20-25)42-33(36-30)22-27(21-29(38)5-2)34(40)35-28(19-26-9-7-6-8-10-26)12-14-31(39)24(3)23-37-15-17-41-18-16-37/h6-11,13,20,27-28H,3-5,12,14-19,21-23H2,1-2H3,(H,35,40)/t27-,28+/m0/s1.